The lowest BCUT2D eigenvalue weighted by atomic mass is 10.1. The van der Waals surface area contributed by atoms with Crippen LogP contribution in [0.1, 0.15) is 28.6 Å². The zero-order valence-electron chi connectivity index (χ0n) is 16.6. The maximum absolute atomic E-state index is 11.7. The Labute approximate surface area is 175 Å². The predicted octanol–water partition coefficient (Wildman–Crippen LogP) is 3.10. The fraction of sp³-hybridized carbons (Fsp3) is 0.227. The van der Waals surface area contributed by atoms with Gasteiger partial charge in [0.15, 0.2) is 0 Å². The number of rotatable bonds is 9. The van der Waals surface area contributed by atoms with Crippen molar-refractivity contribution in [1.29, 1.82) is 0 Å². The van der Waals surface area contributed by atoms with Crippen LogP contribution in [0.3, 0.4) is 0 Å². The number of carbonyl (C=O) groups is 1. The van der Waals surface area contributed by atoms with E-state index in [2.05, 4.69) is 5.32 Å². The van der Waals surface area contributed by atoms with Gasteiger partial charge in [0.05, 0.1) is 23.6 Å². The molecule has 0 fully saturated rings. The first-order chi connectivity index (χ1) is 14.4. The van der Waals surface area contributed by atoms with E-state index in [1.54, 1.807) is 31.2 Å². The molecule has 0 saturated heterocycles. The molecular weight excluding hydrogens is 404 g/mol. The Bertz CT molecular complexity index is 1090. The molecule has 0 aliphatic rings. The van der Waals surface area contributed by atoms with Gasteiger partial charge >= 0.3 is 5.97 Å². The number of nitrogens with two attached hydrogens (primary N) is 1. The number of carbonyl (C=O) groups excluding carboxylic acids is 1. The smallest absolute Gasteiger partial charge is 0.338 e. The highest BCUT2D eigenvalue weighted by Gasteiger charge is 2.09. The van der Waals surface area contributed by atoms with Crippen LogP contribution in [-0.2, 0) is 27.7 Å². The minimum atomic E-state index is -3.66. The van der Waals surface area contributed by atoms with E-state index < -0.39 is 10.0 Å². The van der Waals surface area contributed by atoms with Gasteiger partial charge in [-0.15, -0.1) is 0 Å². The number of furan rings is 1. The zero-order valence-corrected chi connectivity index (χ0v) is 17.4. The topological polar surface area (TPSA) is 112 Å². The fourth-order valence-electron chi connectivity index (χ4n) is 2.90. The minimum absolute atomic E-state index is 0.109. The van der Waals surface area contributed by atoms with Gasteiger partial charge in [-0.05, 0) is 61.9 Å². The van der Waals surface area contributed by atoms with Crippen LogP contribution < -0.4 is 10.5 Å². The Morgan fingerprint density at radius 1 is 1.03 bits per heavy atom. The molecule has 0 radical (unpaired) electrons. The van der Waals surface area contributed by atoms with Crippen LogP contribution >= 0.6 is 0 Å². The molecule has 0 spiro atoms. The van der Waals surface area contributed by atoms with Crippen LogP contribution in [0.15, 0.2) is 70.0 Å². The van der Waals surface area contributed by atoms with E-state index in [1.165, 1.54) is 12.1 Å². The van der Waals surface area contributed by atoms with Gasteiger partial charge in [0.1, 0.15) is 11.5 Å². The molecule has 158 valence electrons. The van der Waals surface area contributed by atoms with Crippen LogP contribution in [0.25, 0.3) is 11.3 Å². The van der Waals surface area contributed by atoms with Gasteiger partial charge in [-0.1, -0.05) is 24.3 Å². The van der Waals surface area contributed by atoms with Gasteiger partial charge in [-0.2, -0.15) is 0 Å². The van der Waals surface area contributed by atoms with E-state index in [0.29, 0.717) is 25.3 Å². The summed E-state index contributed by atoms with van der Waals surface area (Å²) >= 11 is 0. The molecule has 2 aromatic carbocycles. The Morgan fingerprint density at radius 2 is 1.73 bits per heavy atom. The Balaban J connectivity index is 1.49. The number of hydrogen-bond donors (Lipinski definition) is 2. The molecule has 0 amide bonds. The highest BCUT2D eigenvalue weighted by Crippen LogP contribution is 2.23. The molecule has 30 heavy (non-hydrogen) atoms. The summed E-state index contributed by atoms with van der Waals surface area (Å²) in [6.45, 7) is 3.39. The van der Waals surface area contributed by atoms with Crippen LogP contribution in [-0.4, -0.2) is 27.5 Å². The van der Waals surface area contributed by atoms with Crippen LogP contribution in [0, 0.1) is 0 Å². The third-order valence-electron chi connectivity index (χ3n) is 4.48. The number of sulfonamides is 1. The van der Waals surface area contributed by atoms with Crippen molar-refractivity contribution in [2.45, 2.75) is 24.8 Å². The Kier molecular flexibility index (Phi) is 7.04. The molecule has 3 rings (SSSR count). The van der Waals surface area contributed by atoms with Crippen molar-refractivity contribution < 1.29 is 22.4 Å². The molecule has 7 nitrogen and oxygen atoms in total. The molecule has 0 atom stereocenters. The minimum Gasteiger partial charge on any atom is -0.462 e. The van der Waals surface area contributed by atoms with E-state index in [4.69, 9.17) is 14.3 Å². The van der Waals surface area contributed by atoms with E-state index in [9.17, 15) is 13.2 Å². The molecule has 0 bridgehead atoms. The molecule has 0 aliphatic carbocycles. The van der Waals surface area contributed by atoms with Crippen molar-refractivity contribution >= 4 is 16.0 Å². The summed E-state index contributed by atoms with van der Waals surface area (Å²) < 4.78 is 33.4. The second-order valence-corrected chi connectivity index (χ2v) is 8.24. The summed E-state index contributed by atoms with van der Waals surface area (Å²) in [6.07, 6.45) is 0.744. The largest absolute Gasteiger partial charge is 0.462 e. The molecule has 0 unspecified atom stereocenters. The second-order valence-electron chi connectivity index (χ2n) is 6.68. The second kappa shape index (κ2) is 9.71. The van der Waals surface area contributed by atoms with E-state index in [1.807, 2.05) is 24.3 Å². The molecule has 0 saturated carbocycles. The molecule has 3 aromatic rings. The van der Waals surface area contributed by atoms with Gasteiger partial charge in [-0.3, -0.25) is 0 Å². The summed E-state index contributed by atoms with van der Waals surface area (Å²) in [4.78, 5) is 11.8. The Morgan fingerprint density at radius 3 is 2.37 bits per heavy atom. The van der Waals surface area contributed by atoms with Crippen molar-refractivity contribution in [3.05, 3.63) is 77.6 Å². The number of hydrogen-bond acceptors (Lipinski definition) is 6. The summed E-state index contributed by atoms with van der Waals surface area (Å²) in [6, 6.07) is 17.4. The Hall–Kier alpha value is -2.94. The number of primary sulfonamides is 1. The summed E-state index contributed by atoms with van der Waals surface area (Å²) in [5.74, 6) is 1.18. The van der Waals surface area contributed by atoms with Gasteiger partial charge < -0.3 is 14.5 Å². The molecule has 0 aliphatic heterocycles. The number of nitrogens with one attached hydrogen (secondary N) is 1. The van der Waals surface area contributed by atoms with Crippen molar-refractivity contribution in [3.63, 3.8) is 0 Å². The lowest BCUT2D eigenvalue weighted by Gasteiger charge is -2.05. The monoisotopic (exact) mass is 428 g/mol. The number of benzene rings is 2. The first-order valence-electron chi connectivity index (χ1n) is 9.55. The fourth-order valence-corrected chi connectivity index (χ4v) is 3.42. The van der Waals surface area contributed by atoms with Crippen LogP contribution in [0.2, 0.25) is 0 Å². The third-order valence-corrected chi connectivity index (χ3v) is 5.41. The van der Waals surface area contributed by atoms with Gasteiger partial charge in [0, 0.05) is 5.56 Å². The summed E-state index contributed by atoms with van der Waals surface area (Å²) in [5.41, 5.74) is 2.40. The normalized spacial score (nSPS) is 11.4. The predicted molar refractivity (Wildman–Crippen MR) is 113 cm³/mol. The zero-order chi connectivity index (χ0) is 21.6. The first-order valence-corrected chi connectivity index (χ1v) is 11.1. The van der Waals surface area contributed by atoms with Gasteiger partial charge in [-0.25, -0.2) is 18.4 Å². The van der Waals surface area contributed by atoms with Crippen LogP contribution in [0.5, 0.6) is 0 Å². The third kappa shape index (κ3) is 5.79. The molecular formula is C22H24N2O5S. The molecule has 1 aromatic heterocycles. The maximum Gasteiger partial charge on any atom is 0.338 e. The summed E-state index contributed by atoms with van der Waals surface area (Å²) in [5, 5.41) is 8.40. The van der Waals surface area contributed by atoms with E-state index in [0.717, 1.165) is 29.1 Å². The summed E-state index contributed by atoms with van der Waals surface area (Å²) in [7, 11) is -3.66. The SMILES string of the molecule is CCOC(=O)c1ccc(-c2ccc(CNCCc3ccc(S(N)(=O)=O)cc3)o2)cc1. The van der Waals surface area contributed by atoms with Crippen molar-refractivity contribution in [3.8, 4) is 11.3 Å². The van der Waals surface area contributed by atoms with E-state index in [-0.39, 0.29) is 10.9 Å². The average Bonchev–Trinajstić information content (AvgIpc) is 3.20. The van der Waals surface area contributed by atoms with Crippen molar-refractivity contribution in [2.75, 3.05) is 13.2 Å². The number of ether oxygens (including phenoxy) is 1. The molecule has 3 N–H and O–H groups in total. The highest BCUT2D eigenvalue weighted by molar-refractivity contribution is 7.89. The quantitative estimate of drug-likeness (QED) is 0.400. The number of esters is 1. The average molecular weight is 429 g/mol. The van der Waals surface area contributed by atoms with Crippen LogP contribution in [0.4, 0.5) is 0 Å². The lowest BCUT2D eigenvalue weighted by Crippen LogP contribution is -2.16. The first kappa shape index (κ1) is 21.8. The van der Waals surface area contributed by atoms with Gasteiger partial charge in [0.2, 0.25) is 10.0 Å². The molecule has 1 heterocycles. The highest BCUT2D eigenvalue weighted by atomic mass is 32.2. The standard InChI is InChI=1S/C22H24N2O5S/c1-2-28-22(25)18-7-5-17(6-8-18)21-12-9-19(29-21)15-24-14-13-16-3-10-20(11-4-16)30(23,26)27/h3-12,24H,2,13-15H2,1H3,(H2,23,26,27). The molecule has 8 heteroatoms. The van der Waals surface area contributed by atoms with Crippen molar-refractivity contribution in [1.82, 2.24) is 5.32 Å². The van der Waals surface area contributed by atoms with Crippen molar-refractivity contribution in [2.24, 2.45) is 5.14 Å². The maximum atomic E-state index is 11.7. The van der Waals surface area contributed by atoms with E-state index >= 15 is 0 Å². The van der Waals surface area contributed by atoms with Gasteiger partial charge in [0.25, 0.3) is 0 Å². The lowest BCUT2D eigenvalue weighted by molar-refractivity contribution is 0.0526.